The van der Waals surface area contributed by atoms with E-state index >= 15 is 24.0 Å². The first kappa shape index (κ1) is 90.8. The van der Waals surface area contributed by atoms with E-state index in [1.165, 1.54) is 51.2 Å². The summed E-state index contributed by atoms with van der Waals surface area (Å²) in [5.74, 6) is -16.1. The van der Waals surface area contributed by atoms with Crippen molar-refractivity contribution in [1.82, 2.24) is 42.5 Å². The van der Waals surface area contributed by atoms with Crippen LogP contribution in [0.4, 0.5) is 0 Å². The minimum atomic E-state index is -2.39. The molecule has 0 unspecified atom stereocenters. The number of halogens is 2. The number of nitrogens with two attached hydrogens (primary N) is 2. The number of carbonyl (C=O) groups is 8. The van der Waals surface area contributed by atoms with E-state index in [0.717, 1.165) is 65.2 Å². The number of carboxylic acid groups (broad SMARTS) is 1. The highest BCUT2D eigenvalue weighted by Crippen LogP contribution is 2.51. The number of fused-ring (bicyclic) bond motifs is 15. The third-order valence-corrected chi connectivity index (χ3v) is 23.4. The Hall–Kier alpha value is -10.9. The number of hydrogen-bond acceptors (Lipinski definition) is 28. The number of hydrogen-bond donors (Lipinski definition) is 20. The Morgan fingerprint density at radius 2 is 1.24 bits per heavy atom. The summed E-state index contributed by atoms with van der Waals surface area (Å²) < 4.78 is 52.9. The molecular formula is C86H98Cl2N10O26. The van der Waals surface area contributed by atoms with Gasteiger partial charge in [-0.3, -0.25) is 33.6 Å². The van der Waals surface area contributed by atoms with Crippen molar-refractivity contribution in [1.29, 1.82) is 0 Å². The highest BCUT2D eigenvalue weighted by molar-refractivity contribution is 6.32. The SMILES string of the molecule is CN[C@H](CC(C)C)C(=O)N[C@H]1C(=O)N[C@@H](CC(N)=O)C(=O)N[C@H]2C(=O)N[C@H]3C(=O)N[C@H](C(=O)N[C@H](C(=O)O)c4cc(O)cc(O)c4-c4cc3ccc4O)[C@H](O[C@H]3C[C@](C)(N)[C@@H](O)[C@H](C)O3)c3ccc(c(Cl)c3)Oc3cc2cc(c3O[C@@H]2O[C@H](CO)[C@@H](O)[C@H](O)[C@H]2O[C@H]2C[C@](C)(NCc3ccc(-c4ccccc4)cc3)[C@@H](O)[C@H](C)O2)Oc2ccc(cc2Cl)[C@H]1O. The van der Waals surface area contributed by atoms with E-state index in [9.17, 15) is 65.4 Å². The number of aliphatic hydroxyl groups excluding tert-OH is 6. The Morgan fingerprint density at radius 1 is 0.637 bits per heavy atom. The molecule has 8 aliphatic rings. The maximum absolute atomic E-state index is 16.6. The van der Waals surface area contributed by atoms with Crippen LogP contribution in [0.5, 0.6) is 46.0 Å². The van der Waals surface area contributed by atoms with Gasteiger partial charge in [0.05, 0.1) is 53.5 Å². The van der Waals surface area contributed by atoms with Gasteiger partial charge in [-0.05, 0) is 141 Å². The Bertz CT molecular complexity index is 5190. The molecule has 8 heterocycles. The van der Waals surface area contributed by atoms with Crippen LogP contribution in [0, 0.1) is 5.92 Å². The summed E-state index contributed by atoms with van der Waals surface area (Å²) in [6, 6.07) is 17.1. The minimum absolute atomic E-state index is 0.117. The van der Waals surface area contributed by atoms with Crippen molar-refractivity contribution in [3.63, 3.8) is 0 Å². The number of primary amides is 1. The maximum atomic E-state index is 16.6. The summed E-state index contributed by atoms with van der Waals surface area (Å²) >= 11 is 14.7. The van der Waals surface area contributed by atoms with E-state index in [4.69, 9.17) is 72.6 Å². The number of carbonyl (C=O) groups excluding carboxylic acids is 7. The van der Waals surface area contributed by atoms with Crippen LogP contribution in [0.15, 0.2) is 133 Å². The van der Waals surface area contributed by atoms with E-state index < -0.39 is 261 Å². The summed E-state index contributed by atoms with van der Waals surface area (Å²) in [7, 11) is 1.48. The molecular weight excluding hydrogens is 1660 g/mol. The topological polar surface area (TPSA) is 561 Å². The Labute approximate surface area is 720 Å². The van der Waals surface area contributed by atoms with E-state index in [1.54, 1.807) is 13.8 Å². The predicted molar refractivity (Wildman–Crippen MR) is 440 cm³/mol. The van der Waals surface area contributed by atoms with E-state index in [0.29, 0.717) is 0 Å². The number of nitrogens with one attached hydrogen (secondary N) is 8. The second-order valence-electron chi connectivity index (χ2n) is 32.6. The molecule has 22 N–H and O–H groups in total. The fourth-order valence-corrected chi connectivity index (χ4v) is 16.6. The van der Waals surface area contributed by atoms with Gasteiger partial charge in [0.15, 0.2) is 36.2 Å². The molecule has 0 aromatic heterocycles. The molecule has 0 aliphatic carbocycles. The molecule has 7 aromatic carbocycles. The molecule has 15 rings (SSSR count). The molecule has 36 nitrogen and oxygen atoms in total. The van der Waals surface area contributed by atoms with Gasteiger partial charge < -0.3 is 143 Å². The maximum Gasteiger partial charge on any atom is 0.330 e. The van der Waals surface area contributed by atoms with Gasteiger partial charge in [-0.1, -0.05) is 110 Å². The van der Waals surface area contributed by atoms with Crippen LogP contribution in [0.2, 0.25) is 10.0 Å². The molecule has 7 aromatic rings. The first-order valence-electron chi connectivity index (χ1n) is 40.0. The van der Waals surface area contributed by atoms with Crippen molar-refractivity contribution in [2.45, 2.75) is 207 Å². The second kappa shape index (κ2) is 37.5. The monoisotopic (exact) mass is 1760 g/mol. The standard InChI is InChI=1S/C86H98Cl2N10O26/c1-36(2)23-51(91-7)77(109)97-67-69(104)43-18-21-55(49(87)25-43)119-57-27-45-28-58(73(57)124-84-74(71(106)70(105)59(35-99)121-84)123-62-33-86(6,76(108)38(4)118-62)92-34-39-13-15-41(16-14-39)40-11-9-8-10-12-40)120-56-22-19-44(26-50(56)88)72(122-61-32-85(5,90)75(107)37(3)117-61)68-82(114)96-66(83(115)116)48-29-46(100)30-54(102)63(48)47-24-42(17-20-53(47)101)64(79(111)98-68)95-80(112)65(45)94-78(110)52(31-60(89)103)93-81(67)113/h8-22,24-30,36-38,51-52,59,61-62,64-72,74-76,84,91-92,99-102,104-108H,23,31-35,90H2,1-7H3,(H2,89,103)(H,93,113)(H,94,110)(H,95,112)(H,96,114)(H,97,109)(H,98,111)(H,115,116)/t37-,38-,51+,52-,59+,61-,62-,64+,65+,66-,67+,68-,69+,70+,71-,72+,74+,75-,76-,84-,85-,86-/m0/s1. The van der Waals surface area contributed by atoms with Crippen LogP contribution in [0.1, 0.15) is 131 Å². The minimum Gasteiger partial charge on any atom is -0.508 e. The fourth-order valence-electron chi connectivity index (χ4n) is 16.2. The Balaban J connectivity index is 1.02. The molecule has 3 saturated heterocycles. The van der Waals surface area contributed by atoms with Crippen LogP contribution in [0.3, 0.4) is 0 Å². The smallest absolute Gasteiger partial charge is 0.330 e. The van der Waals surface area contributed by atoms with Crippen molar-refractivity contribution in [2.75, 3.05) is 13.7 Å². The van der Waals surface area contributed by atoms with E-state index in [1.807, 2.05) is 68.4 Å². The molecule has 11 bridgehead atoms. The summed E-state index contributed by atoms with van der Waals surface area (Å²) in [6.07, 6.45) is -22.8. The summed E-state index contributed by atoms with van der Waals surface area (Å²) in [4.78, 5) is 121. The lowest BCUT2D eigenvalue weighted by Gasteiger charge is -2.48. The van der Waals surface area contributed by atoms with Gasteiger partial charge in [0, 0.05) is 53.2 Å². The lowest BCUT2D eigenvalue weighted by Crippen LogP contribution is -2.65. The molecule has 22 atom stereocenters. The van der Waals surface area contributed by atoms with E-state index in [-0.39, 0.29) is 59.2 Å². The lowest BCUT2D eigenvalue weighted by atomic mass is 9.84. The molecule has 662 valence electrons. The number of aliphatic carboxylic acids is 1. The number of phenolic OH excluding ortho intramolecular Hbond substituents is 3. The number of rotatable bonds is 19. The van der Waals surface area contributed by atoms with Gasteiger partial charge in [-0.2, -0.15) is 0 Å². The molecule has 7 amide bonds. The highest BCUT2D eigenvalue weighted by atomic mass is 35.5. The molecule has 124 heavy (non-hydrogen) atoms. The third-order valence-electron chi connectivity index (χ3n) is 22.9. The van der Waals surface area contributed by atoms with Gasteiger partial charge in [-0.25, -0.2) is 4.79 Å². The number of aromatic hydroxyl groups is 3. The average Bonchev–Trinajstić information content (AvgIpc) is 0.769. The van der Waals surface area contributed by atoms with Crippen molar-refractivity contribution in [3.8, 4) is 68.2 Å². The summed E-state index contributed by atoms with van der Waals surface area (Å²) in [6.45, 7) is 9.12. The number of carboxylic acids is 1. The molecule has 8 aliphatic heterocycles. The molecule has 0 radical (unpaired) electrons. The van der Waals surface area contributed by atoms with Crippen LogP contribution in [-0.4, -0.2) is 215 Å². The number of ether oxygens (including phenoxy) is 8. The Morgan fingerprint density at radius 3 is 1.86 bits per heavy atom. The van der Waals surface area contributed by atoms with Crippen molar-refractivity contribution < 1.29 is 127 Å². The highest BCUT2D eigenvalue weighted by Gasteiger charge is 2.53. The first-order chi connectivity index (χ1) is 58.8. The van der Waals surface area contributed by atoms with Gasteiger partial charge in [0.1, 0.15) is 89.5 Å². The largest absolute Gasteiger partial charge is 0.508 e. The molecule has 0 spiro atoms. The number of benzene rings is 7. The number of amides is 7. The number of phenols is 3. The lowest BCUT2D eigenvalue weighted by molar-refractivity contribution is -0.334. The molecule has 0 saturated carbocycles. The van der Waals surface area contributed by atoms with Gasteiger partial charge >= 0.3 is 5.97 Å². The van der Waals surface area contributed by atoms with Crippen LogP contribution < -0.4 is 68.2 Å². The van der Waals surface area contributed by atoms with Gasteiger partial charge in [0.25, 0.3) is 0 Å². The Kier molecular flexibility index (Phi) is 27.5. The van der Waals surface area contributed by atoms with Crippen molar-refractivity contribution >= 4 is 70.5 Å². The first-order valence-corrected chi connectivity index (χ1v) is 40.7. The van der Waals surface area contributed by atoms with Crippen LogP contribution >= 0.6 is 23.2 Å². The quantitative estimate of drug-likeness (QED) is 0.0547. The molecule has 3 fully saturated rings. The van der Waals surface area contributed by atoms with Crippen LogP contribution in [0.25, 0.3) is 22.3 Å². The van der Waals surface area contributed by atoms with E-state index in [2.05, 4.69) is 42.5 Å². The average molecular weight is 1760 g/mol. The van der Waals surface area contributed by atoms with Crippen LogP contribution in [-0.2, 0) is 68.6 Å². The summed E-state index contributed by atoms with van der Waals surface area (Å²) in [5, 5.41) is 137. The van der Waals surface area contributed by atoms with Gasteiger partial charge in [-0.15, -0.1) is 0 Å². The second-order valence-corrected chi connectivity index (χ2v) is 33.4. The fraction of sp³-hybridized carbons (Fsp3) is 0.419. The van der Waals surface area contributed by atoms with Crippen molar-refractivity contribution in [3.05, 3.63) is 177 Å². The zero-order valence-electron chi connectivity index (χ0n) is 68.0. The zero-order valence-corrected chi connectivity index (χ0v) is 69.5. The summed E-state index contributed by atoms with van der Waals surface area (Å²) in [5.41, 5.74) is 9.79. The number of aliphatic hydroxyl groups is 6. The normalized spacial score (nSPS) is 29.9. The third kappa shape index (κ3) is 19.6. The number of likely N-dealkylation sites (N-methyl/N-ethyl adjacent to an activating group) is 1. The zero-order chi connectivity index (χ0) is 89.4. The van der Waals surface area contributed by atoms with Gasteiger partial charge in [0.2, 0.25) is 53.4 Å². The van der Waals surface area contributed by atoms with Crippen molar-refractivity contribution in [2.24, 2.45) is 17.4 Å². The predicted octanol–water partition coefficient (Wildman–Crippen LogP) is 3.84. The molecule has 38 heteroatoms.